The molecule has 1 aromatic rings. The van der Waals surface area contributed by atoms with Gasteiger partial charge in [0.2, 0.25) is 0 Å². The SMILES string of the molecule is CCCCCCCCCCCCCCCCC1NCCc2ccc(C(=O)NOC3CCCCO3)cc21. The molecule has 0 bridgehead atoms. The summed E-state index contributed by atoms with van der Waals surface area (Å²) >= 11 is 0. The number of fused-ring (bicyclic) bond motifs is 1. The molecule has 2 unspecified atom stereocenters. The van der Waals surface area contributed by atoms with Crippen molar-refractivity contribution in [3.8, 4) is 0 Å². The van der Waals surface area contributed by atoms with Crippen LogP contribution in [0, 0.1) is 0 Å². The molecule has 1 aromatic carbocycles. The lowest BCUT2D eigenvalue weighted by Crippen LogP contribution is -2.34. The topological polar surface area (TPSA) is 59.6 Å². The van der Waals surface area contributed by atoms with E-state index in [1.54, 1.807) is 0 Å². The fourth-order valence-electron chi connectivity index (χ4n) is 5.56. The second-order valence-electron chi connectivity index (χ2n) is 10.9. The smallest absolute Gasteiger partial charge is 0.274 e. The maximum absolute atomic E-state index is 12.7. The number of rotatable bonds is 18. The van der Waals surface area contributed by atoms with Crippen molar-refractivity contribution in [3.63, 3.8) is 0 Å². The zero-order valence-corrected chi connectivity index (χ0v) is 23.0. The number of hydroxylamine groups is 1. The van der Waals surface area contributed by atoms with E-state index < -0.39 is 0 Å². The molecule has 2 aliphatic rings. The highest BCUT2D eigenvalue weighted by Crippen LogP contribution is 2.28. The van der Waals surface area contributed by atoms with E-state index in [4.69, 9.17) is 9.57 Å². The van der Waals surface area contributed by atoms with Gasteiger partial charge < -0.3 is 10.1 Å². The fourth-order valence-corrected chi connectivity index (χ4v) is 5.56. The minimum Gasteiger partial charge on any atom is -0.350 e. The van der Waals surface area contributed by atoms with Crippen LogP contribution in [-0.4, -0.2) is 25.3 Å². The van der Waals surface area contributed by atoms with Gasteiger partial charge in [0.25, 0.3) is 5.91 Å². The number of ether oxygens (including phenoxy) is 1. The number of amides is 1. The first-order chi connectivity index (χ1) is 17.8. The summed E-state index contributed by atoms with van der Waals surface area (Å²) in [6, 6.07) is 6.46. The van der Waals surface area contributed by atoms with Crippen LogP contribution in [0.2, 0.25) is 0 Å². The highest BCUT2D eigenvalue weighted by atomic mass is 16.8. The van der Waals surface area contributed by atoms with Crippen molar-refractivity contribution < 1.29 is 14.4 Å². The molecule has 5 nitrogen and oxygen atoms in total. The Labute approximate surface area is 220 Å². The summed E-state index contributed by atoms with van der Waals surface area (Å²) in [5, 5.41) is 3.69. The predicted molar refractivity (Wildman–Crippen MR) is 148 cm³/mol. The highest BCUT2D eigenvalue weighted by Gasteiger charge is 2.22. The Morgan fingerprint density at radius 3 is 2.25 bits per heavy atom. The normalized spacial score (nSPS) is 19.7. The second-order valence-corrected chi connectivity index (χ2v) is 10.9. The van der Waals surface area contributed by atoms with E-state index in [-0.39, 0.29) is 12.2 Å². The van der Waals surface area contributed by atoms with Crippen LogP contribution in [0.1, 0.15) is 150 Å². The van der Waals surface area contributed by atoms with Crippen molar-refractivity contribution in [2.24, 2.45) is 0 Å². The standard InChI is InChI=1S/C31H52N2O3/c1-2-3-4-5-6-7-8-9-10-11-12-13-14-15-18-29-28-25-27(21-20-26(28)22-23-32-29)31(34)33-36-30-19-16-17-24-35-30/h20-21,25,29-30,32H,2-19,22-24H2,1H3,(H,33,34). The van der Waals surface area contributed by atoms with E-state index in [0.29, 0.717) is 18.2 Å². The quantitative estimate of drug-likeness (QED) is 0.159. The summed E-state index contributed by atoms with van der Waals surface area (Å²) in [7, 11) is 0. The van der Waals surface area contributed by atoms with Crippen LogP contribution in [0.25, 0.3) is 0 Å². The monoisotopic (exact) mass is 500 g/mol. The van der Waals surface area contributed by atoms with Crippen molar-refractivity contribution in [2.75, 3.05) is 13.2 Å². The Kier molecular flexibility index (Phi) is 14.5. The van der Waals surface area contributed by atoms with Gasteiger partial charge >= 0.3 is 0 Å². The number of benzene rings is 1. The van der Waals surface area contributed by atoms with Crippen molar-refractivity contribution >= 4 is 5.91 Å². The van der Waals surface area contributed by atoms with Gasteiger partial charge in [-0.1, -0.05) is 103 Å². The van der Waals surface area contributed by atoms with Crippen LogP contribution in [0.5, 0.6) is 0 Å². The third kappa shape index (κ3) is 10.9. The Morgan fingerprint density at radius 2 is 1.61 bits per heavy atom. The molecule has 0 radical (unpaired) electrons. The Balaban J connectivity index is 1.28. The van der Waals surface area contributed by atoms with Gasteiger partial charge in [0.1, 0.15) is 0 Å². The van der Waals surface area contributed by atoms with Crippen LogP contribution < -0.4 is 10.8 Å². The van der Waals surface area contributed by atoms with E-state index in [1.807, 2.05) is 6.07 Å². The number of hydrogen-bond donors (Lipinski definition) is 2. The summed E-state index contributed by atoms with van der Waals surface area (Å²) < 4.78 is 5.54. The minimum absolute atomic E-state index is 0.187. The van der Waals surface area contributed by atoms with Crippen molar-refractivity contribution in [2.45, 2.75) is 141 Å². The van der Waals surface area contributed by atoms with Crippen molar-refractivity contribution in [3.05, 3.63) is 34.9 Å². The zero-order chi connectivity index (χ0) is 25.3. The van der Waals surface area contributed by atoms with Gasteiger partial charge in [-0.05, 0) is 55.5 Å². The third-order valence-corrected chi connectivity index (χ3v) is 7.84. The van der Waals surface area contributed by atoms with Gasteiger partial charge in [0.15, 0.2) is 6.29 Å². The van der Waals surface area contributed by atoms with Crippen LogP contribution in [0.3, 0.4) is 0 Å². The molecular formula is C31H52N2O3. The molecule has 0 aliphatic carbocycles. The van der Waals surface area contributed by atoms with Crippen molar-refractivity contribution in [1.29, 1.82) is 0 Å². The highest BCUT2D eigenvalue weighted by molar-refractivity contribution is 5.93. The van der Waals surface area contributed by atoms with Gasteiger partial charge in [-0.2, -0.15) is 0 Å². The summed E-state index contributed by atoms with van der Waals surface area (Å²) in [5.41, 5.74) is 5.93. The van der Waals surface area contributed by atoms with Crippen molar-refractivity contribution in [1.82, 2.24) is 10.8 Å². The Morgan fingerprint density at radius 1 is 0.944 bits per heavy atom. The average molecular weight is 501 g/mol. The number of unbranched alkanes of at least 4 members (excludes halogenated alkanes) is 13. The molecule has 204 valence electrons. The number of hydrogen-bond acceptors (Lipinski definition) is 4. The molecule has 1 amide bonds. The molecule has 3 rings (SSSR count). The molecular weight excluding hydrogens is 448 g/mol. The number of carbonyl (C=O) groups excluding carboxylic acids is 1. The molecule has 2 atom stereocenters. The lowest BCUT2D eigenvalue weighted by atomic mass is 9.89. The zero-order valence-electron chi connectivity index (χ0n) is 23.0. The van der Waals surface area contributed by atoms with Gasteiger partial charge in [-0.25, -0.2) is 10.3 Å². The maximum atomic E-state index is 12.7. The van der Waals surface area contributed by atoms with Gasteiger partial charge in [-0.15, -0.1) is 0 Å². The predicted octanol–water partition coefficient (Wildman–Crippen LogP) is 7.93. The maximum Gasteiger partial charge on any atom is 0.274 e. The molecule has 2 N–H and O–H groups in total. The number of carbonyl (C=O) groups is 1. The summed E-state index contributed by atoms with van der Waals surface area (Å²) in [5.74, 6) is -0.187. The van der Waals surface area contributed by atoms with E-state index in [0.717, 1.165) is 38.6 Å². The summed E-state index contributed by atoms with van der Waals surface area (Å²) in [6.45, 7) is 4.00. The summed E-state index contributed by atoms with van der Waals surface area (Å²) in [4.78, 5) is 18.2. The Hall–Kier alpha value is -1.43. The molecule has 0 spiro atoms. The van der Waals surface area contributed by atoms with Crippen LogP contribution in [0.4, 0.5) is 0 Å². The fraction of sp³-hybridized carbons (Fsp3) is 0.774. The molecule has 0 saturated carbocycles. The average Bonchev–Trinajstić information content (AvgIpc) is 2.92. The van der Waals surface area contributed by atoms with E-state index >= 15 is 0 Å². The molecule has 2 heterocycles. The molecule has 1 fully saturated rings. The van der Waals surface area contributed by atoms with Gasteiger partial charge in [0.05, 0.1) is 0 Å². The second kappa shape index (κ2) is 17.9. The minimum atomic E-state index is -0.324. The van der Waals surface area contributed by atoms with Crippen LogP contribution in [0.15, 0.2) is 18.2 Å². The first-order valence-electron chi connectivity index (χ1n) is 15.2. The third-order valence-electron chi connectivity index (χ3n) is 7.84. The first-order valence-corrected chi connectivity index (χ1v) is 15.2. The van der Waals surface area contributed by atoms with Gasteiger partial charge in [-0.3, -0.25) is 4.79 Å². The molecule has 1 saturated heterocycles. The largest absolute Gasteiger partial charge is 0.350 e. The van der Waals surface area contributed by atoms with Gasteiger partial charge in [0, 0.05) is 24.6 Å². The molecule has 5 heteroatoms. The Bertz CT molecular complexity index is 733. The van der Waals surface area contributed by atoms with E-state index in [9.17, 15) is 4.79 Å². The lowest BCUT2D eigenvalue weighted by molar-refractivity contribution is -0.186. The lowest BCUT2D eigenvalue weighted by Gasteiger charge is -2.28. The molecule has 36 heavy (non-hydrogen) atoms. The summed E-state index contributed by atoms with van der Waals surface area (Å²) in [6.07, 6.45) is 24.2. The molecule has 2 aliphatic heterocycles. The number of nitrogens with one attached hydrogen (secondary N) is 2. The van der Waals surface area contributed by atoms with E-state index in [1.165, 1.54) is 101 Å². The van der Waals surface area contributed by atoms with E-state index in [2.05, 4.69) is 29.9 Å². The molecule has 0 aromatic heterocycles. The first kappa shape index (κ1) is 29.1. The van der Waals surface area contributed by atoms with Crippen LogP contribution in [-0.2, 0) is 16.0 Å². The van der Waals surface area contributed by atoms with Crippen LogP contribution >= 0.6 is 0 Å².